The molecule has 0 spiro atoms. The molecule has 1 saturated heterocycles. The number of hydrogen-bond donors (Lipinski definition) is 0. The van der Waals surface area contributed by atoms with Gasteiger partial charge in [-0.3, -0.25) is 9.59 Å². The van der Waals surface area contributed by atoms with Gasteiger partial charge in [-0.05, 0) is 44.7 Å². The molecule has 0 saturated carbocycles. The van der Waals surface area contributed by atoms with Gasteiger partial charge in [-0.15, -0.1) is 0 Å². The van der Waals surface area contributed by atoms with Crippen molar-refractivity contribution in [2.24, 2.45) is 5.92 Å². The van der Waals surface area contributed by atoms with Crippen LogP contribution in [0.5, 0.6) is 0 Å². The standard InChI is InChI=1S/C27H29N5O2/c1-3-30-18-23(24(33)22-10-9-19(2)29-26(22)30)27(34)31-14-11-20(12-15-31)17-32-16-13-28-25(32)21-7-5-4-6-8-21/h4-10,13,16,18,20H,3,11-12,14-15,17H2,1-2H3. The van der Waals surface area contributed by atoms with Crippen LogP contribution >= 0.6 is 0 Å². The molecular weight excluding hydrogens is 426 g/mol. The van der Waals surface area contributed by atoms with Crippen LogP contribution in [0.15, 0.2) is 65.8 Å². The van der Waals surface area contributed by atoms with Crippen molar-refractivity contribution in [3.05, 3.63) is 82.5 Å². The molecule has 1 aliphatic heterocycles. The first-order valence-electron chi connectivity index (χ1n) is 11.9. The van der Waals surface area contributed by atoms with Crippen molar-refractivity contribution in [2.75, 3.05) is 13.1 Å². The van der Waals surface area contributed by atoms with Crippen molar-refractivity contribution in [1.82, 2.24) is 24.0 Å². The molecule has 0 N–H and O–H groups in total. The Morgan fingerprint density at radius 2 is 1.82 bits per heavy atom. The summed E-state index contributed by atoms with van der Waals surface area (Å²) in [4.78, 5) is 37.4. The number of carbonyl (C=O) groups is 1. The first kappa shape index (κ1) is 22.1. The average Bonchev–Trinajstić information content (AvgIpc) is 3.33. The van der Waals surface area contributed by atoms with E-state index in [1.165, 1.54) is 0 Å². The topological polar surface area (TPSA) is 73.0 Å². The van der Waals surface area contributed by atoms with Gasteiger partial charge in [0.25, 0.3) is 5.91 Å². The van der Waals surface area contributed by atoms with Crippen LogP contribution in [0.2, 0.25) is 0 Å². The van der Waals surface area contributed by atoms with Crippen LogP contribution in [0.4, 0.5) is 0 Å². The van der Waals surface area contributed by atoms with Gasteiger partial charge in [0, 0.05) is 56.0 Å². The van der Waals surface area contributed by atoms with Gasteiger partial charge in [-0.2, -0.15) is 0 Å². The minimum absolute atomic E-state index is 0.180. The molecule has 0 unspecified atom stereocenters. The monoisotopic (exact) mass is 455 g/mol. The van der Waals surface area contributed by atoms with Gasteiger partial charge < -0.3 is 14.0 Å². The van der Waals surface area contributed by atoms with E-state index in [1.54, 1.807) is 12.3 Å². The molecule has 34 heavy (non-hydrogen) atoms. The number of likely N-dealkylation sites (tertiary alicyclic amines) is 1. The number of aromatic nitrogens is 4. The van der Waals surface area contributed by atoms with Gasteiger partial charge in [0.05, 0.1) is 5.39 Å². The number of imidazole rings is 1. The predicted molar refractivity (Wildman–Crippen MR) is 133 cm³/mol. The Morgan fingerprint density at radius 3 is 2.56 bits per heavy atom. The first-order valence-corrected chi connectivity index (χ1v) is 11.9. The van der Waals surface area contributed by atoms with Crippen LogP contribution in [0, 0.1) is 12.8 Å². The zero-order valence-corrected chi connectivity index (χ0v) is 19.6. The number of hydrogen-bond acceptors (Lipinski definition) is 4. The Bertz CT molecular complexity index is 1380. The number of aryl methyl sites for hydroxylation is 2. The van der Waals surface area contributed by atoms with Crippen LogP contribution in [0.25, 0.3) is 22.4 Å². The normalized spacial score (nSPS) is 14.6. The van der Waals surface area contributed by atoms with Gasteiger partial charge in [0.1, 0.15) is 17.0 Å². The molecule has 3 aromatic heterocycles. The fraction of sp³-hybridized carbons (Fsp3) is 0.333. The number of rotatable bonds is 5. The number of carbonyl (C=O) groups excluding carboxylic acids is 1. The summed E-state index contributed by atoms with van der Waals surface area (Å²) >= 11 is 0. The van der Waals surface area contributed by atoms with E-state index in [0.717, 1.165) is 36.5 Å². The minimum atomic E-state index is -0.231. The molecule has 5 rings (SSSR count). The molecular formula is C27H29N5O2. The number of amides is 1. The van der Waals surface area contributed by atoms with E-state index in [4.69, 9.17) is 0 Å². The SMILES string of the molecule is CCn1cc(C(=O)N2CCC(Cn3ccnc3-c3ccccc3)CC2)c(=O)c2ccc(C)nc21. The summed E-state index contributed by atoms with van der Waals surface area (Å²) in [6.45, 7) is 6.70. The fourth-order valence-electron chi connectivity index (χ4n) is 4.82. The maximum Gasteiger partial charge on any atom is 0.259 e. The van der Waals surface area contributed by atoms with E-state index in [0.29, 0.717) is 36.6 Å². The van der Waals surface area contributed by atoms with Gasteiger partial charge in [-0.1, -0.05) is 30.3 Å². The first-order chi connectivity index (χ1) is 16.5. The smallest absolute Gasteiger partial charge is 0.259 e. The average molecular weight is 456 g/mol. The predicted octanol–water partition coefficient (Wildman–Crippen LogP) is 4.14. The number of pyridine rings is 2. The Labute approximate surface area is 198 Å². The number of piperidine rings is 1. The Hall–Kier alpha value is -3.74. The molecule has 1 amide bonds. The van der Waals surface area contributed by atoms with Crippen LogP contribution < -0.4 is 5.43 Å². The molecule has 0 aliphatic carbocycles. The van der Waals surface area contributed by atoms with Gasteiger partial charge >= 0.3 is 0 Å². The third kappa shape index (κ3) is 4.14. The lowest BCUT2D eigenvalue weighted by Gasteiger charge is -2.32. The zero-order valence-electron chi connectivity index (χ0n) is 19.6. The van der Waals surface area contributed by atoms with Crippen molar-refractivity contribution in [1.29, 1.82) is 0 Å². The van der Waals surface area contributed by atoms with Gasteiger partial charge in [0.2, 0.25) is 5.43 Å². The third-order valence-electron chi connectivity index (χ3n) is 6.74. The minimum Gasteiger partial charge on any atom is -0.338 e. The number of nitrogens with zero attached hydrogens (tertiary/aromatic N) is 5. The lowest BCUT2D eigenvalue weighted by Crippen LogP contribution is -2.41. The largest absolute Gasteiger partial charge is 0.338 e. The summed E-state index contributed by atoms with van der Waals surface area (Å²) in [5, 5.41) is 0.502. The van der Waals surface area contributed by atoms with E-state index in [-0.39, 0.29) is 16.9 Å². The Balaban J connectivity index is 1.31. The second-order valence-electron chi connectivity index (χ2n) is 8.99. The number of benzene rings is 1. The summed E-state index contributed by atoms with van der Waals surface area (Å²) in [5.41, 5.74) is 2.60. The fourth-order valence-corrected chi connectivity index (χ4v) is 4.82. The molecule has 1 aromatic carbocycles. The van der Waals surface area contributed by atoms with Crippen molar-refractivity contribution < 1.29 is 4.79 Å². The molecule has 0 atom stereocenters. The van der Waals surface area contributed by atoms with Crippen molar-refractivity contribution >= 4 is 16.9 Å². The summed E-state index contributed by atoms with van der Waals surface area (Å²) in [6.07, 6.45) is 7.35. The second-order valence-corrected chi connectivity index (χ2v) is 8.99. The molecule has 174 valence electrons. The highest BCUT2D eigenvalue weighted by molar-refractivity contribution is 5.97. The van der Waals surface area contributed by atoms with Gasteiger partial charge in [-0.25, -0.2) is 9.97 Å². The zero-order chi connectivity index (χ0) is 23.7. The van der Waals surface area contributed by atoms with Crippen LogP contribution in [0.3, 0.4) is 0 Å². The quantitative estimate of drug-likeness (QED) is 0.453. The summed E-state index contributed by atoms with van der Waals surface area (Å²) in [7, 11) is 0. The molecule has 0 radical (unpaired) electrons. The Kier molecular flexibility index (Phi) is 6.01. The molecule has 4 heterocycles. The van der Waals surface area contributed by atoms with Crippen LogP contribution in [-0.2, 0) is 13.1 Å². The lowest BCUT2D eigenvalue weighted by atomic mass is 9.96. The summed E-state index contributed by atoms with van der Waals surface area (Å²) < 4.78 is 4.10. The maximum absolute atomic E-state index is 13.3. The highest BCUT2D eigenvalue weighted by Crippen LogP contribution is 2.24. The molecule has 4 aromatic rings. The molecule has 1 aliphatic rings. The second kappa shape index (κ2) is 9.25. The van der Waals surface area contributed by atoms with Crippen molar-refractivity contribution in [3.8, 4) is 11.4 Å². The highest BCUT2D eigenvalue weighted by Gasteiger charge is 2.27. The van der Waals surface area contributed by atoms with Gasteiger partial charge in [0.15, 0.2) is 0 Å². The molecule has 1 fully saturated rings. The third-order valence-corrected chi connectivity index (χ3v) is 6.74. The summed E-state index contributed by atoms with van der Waals surface area (Å²) in [5.74, 6) is 1.25. The van der Waals surface area contributed by atoms with Crippen LogP contribution in [-0.4, -0.2) is 43.0 Å². The number of fused-ring (bicyclic) bond motifs is 1. The van der Waals surface area contributed by atoms with E-state index < -0.39 is 0 Å². The van der Waals surface area contributed by atoms with E-state index in [1.807, 2.05) is 60.0 Å². The van der Waals surface area contributed by atoms with E-state index >= 15 is 0 Å². The maximum atomic E-state index is 13.3. The van der Waals surface area contributed by atoms with E-state index in [9.17, 15) is 9.59 Å². The molecule has 7 nitrogen and oxygen atoms in total. The Morgan fingerprint density at radius 1 is 1.06 bits per heavy atom. The van der Waals surface area contributed by atoms with Crippen molar-refractivity contribution in [2.45, 2.75) is 39.8 Å². The van der Waals surface area contributed by atoms with Crippen LogP contribution in [0.1, 0.15) is 35.8 Å². The molecule has 7 heteroatoms. The molecule has 0 bridgehead atoms. The highest BCUT2D eigenvalue weighted by atomic mass is 16.2. The van der Waals surface area contributed by atoms with Crippen molar-refractivity contribution in [3.63, 3.8) is 0 Å². The summed E-state index contributed by atoms with van der Waals surface area (Å²) in [6, 6.07) is 13.8. The van der Waals surface area contributed by atoms with E-state index in [2.05, 4.69) is 26.7 Å². The lowest BCUT2D eigenvalue weighted by molar-refractivity contribution is 0.0681.